The van der Waals surface area contributed by atoms with Gasteiger partial charge < -0.3 is 21.1 Å². The number of hydrogen-bond donors (Lipinski definition) is 3. The van der Waals surface area contributed by atoms with Crippen LogP contribution in [-0.2, 0) is 11.3 Å². The number of amides is 1. The lowest BCUT2D eigenvalue weighted by molar-refractivity contribution is -0.192. The number of halogens is 3. The van der Waals surface area contributed by atoms with Crippen LogP contribution in [0.2, 0.25) is 0 Å². The Morgan fingerprint density at radius 1 is 1.14 bits per heavy atom. The van der Waals surface area contributed by atoms with Gasteiger partial charge in [-0.25, -0.2) is 14.5 Å². The molecule has 1 aromatic carbocycles. The first-order valence-corrected chi connectivity index (χ1v) is 11.2. The van der Waals surface area contributed by atoms with Gasteiger partial charge in [0, 0.05) is 43.8 Å². The number of rotatable bonds is 5. The van der Waals surface area contributed by atoms with Crippen LogP contribution >= 0.6 is 0 Å². The van der Waals surface area contributed by atoms with E-state index in [0.29, 0.717) is 12.1 Å². The number of aliphatic carboxylic acids is 1. The van der Waals surface area contributed by atoms with Gasteiger partial charge >= 0.3 is 12.1 Å². The first-order valence-electron chi connectivity index (χ1n) is 11.2. The minimum Gasteiger partial charge on any atom is -0.475 e. The number of pyridine rings is 1. The summed E-state index contributed by atoms with van der Waals surface area (Å²) in [4.78, 5) is 28.4. The zero-order valence-corrected chi connectivity index (χ0v) is 19.6. The van der Waals surface area contributed by atoms with Crippen molar-refractivity contribution in [2.24, 2.45) is 5.73 Å². The quantitative estimate of drug-likeness (QED) is 0.488. The summed E-state index contributed by atoms with van der Waals surface area (Å²) in [5.74, 6) is -2.09. The molecule has 0 radical (unpaired) electrons. The van der Waals surface area contributed by atoms with Gasteiger partial charge in [-0.3, -0.25) is 4.79 Å². The van der Waals surface area contributed by atoms with Crippen LogP contribution in [0.1, 0.15) is 34.5 Å². The zero-order valence-electron chi connectivity index (χ0n) is 19.6. The molecule has 192 valence electrons. The number of aryl methyl sites for hydroxylation is 1. The molecular formula is C24H27F3N6O3. The molecule has 1 fully saturated rings. The average molecular weight is 505 g/mol. The Kier molecular flexibility index (Phi) is 8.64. The van der Waals surface area contributed by atoms with Crippen LogP contribution in [0.5, 0.6) is 0 Å². The van der Waals surface area contributed by atoms with Crippen molar-refractivity contribution in [3.05, 3.63) is 71.7 Å². The van der Waals surface area contributed by atoms with E-state index in [2.05, 4.69) is 20.3 Å². The standard InChI is InChI=1S/C22H26N6O.C2HF3O2/c1-16-8-13-28(26-16)21-7-6-17(14-24-21)15-25-22(29)19-4-2-3-5-20(19)27-11-9-18(23)10-12-27;3-2(4,5)1(6)7/h2-8,13-14,18H,9-12,15,23H2,1H3,(H,25,29);(H,6,7). The predicted octanol–water partition coefficient (Wildman–Crippen LogP) is 3.07. The first-order chi connectivity index (χ1) is 17.0. The second-order valence-corrected chi connectivity index (χ2v) is 8.25. The van der Waals surface area contributed by atoms with E-state index in [1.807, 2.05) is 55.6 Å². The minimum absolute atomic E-state index is 0.0813. The monoisotopic (exact) mass is 504 g/mol. The van der Waals surface area contributed by atoms with Gasteiger partial charge in [-0.1, -0.05) is 18.2 Å². The van der Waals surface area contributed by atoms with Crippen molar-refractivity contribution < 1.29 is 27.9 Å². The summed E-state index contributed by atoms with van der Waals surface area (Å²) in [7, 11) is 0. The topological polar surface area (TPSA) is 126 Å². The van der Waals surface area contributed by atoms with Crippen LogP contribution in [0.3, 0.4) is 0 Å². The maximum absolute atomic E-state index is 12.8. The molecule has 9 nitrogen and oxygen atoms in total. The van der Waals surface area contributed by atoms with E-state index in [1.54, 1.807) is 10.9 Å². The second kappa shape index (κ2) is 11.7. The van der Waals surface area contributed by atoms with Crippen LogP contribution < -0.4 is 16.0 Å². The number of hydrogen-bond acceptors (Lipinski definition) is 6. The fourth-order valence-corrected chi connectivity index (χ4v) is 3.56. The number of aromatic nitrogens is 3. The average Bonchev–Trinajstić information content (AvgIpc) is 3.29. The molecule has 3 heterocycles. The molecule has 1 aliphatic rings. The summed E-state index contributed by atoms with van der Waals surface area (Å²) >= 11 is 0. The molecule has 36 heavy (non-hydrogen) atoms. The second-order valence-electron chi connectivity index (χ2n) is 8.25. The van der Waals surface area contributed by atoms with E-state index < -0.39 is 12.1 Å². The summed E-state index contributed by atoms with van der Waals surface area (Å²) in [6.45, 7) is 4.12. The summed E-state index contributed by atoms with van der Waals surface area (Å²) in [5, 5.41) is 14.5. The van der Waals surface area contributed by atoms with E-state index in [0.717, 1.165) is 48.7 Å². The molecular weight excluding hydrogens is 477 g/mol. The Labute approximate surface area is 205 Å². The van der Waals surface area contributed by atoms with Gasteiger partial charge in [0.2, 0.25) is 0 Å². The first kappa shape index (κ1) is 26.7. The fraction of sp³-hybridized carbons (Fsp3) is 0.333. The number of nitrogens with one attached hydrogen (secondary N) is 1. The van der Waals surface area contributed by atoms with Crippen molar-refractivity contribution in [3.8, 4) is 5.82 Å². The summed E-state index contributed by atoms with van der Waals surface area (Å²) in [5.41, 5.74) is 9.56. The molecule has 1 amide bonds. The largest absolute Gasteiger partial charge is 0.490 e. The summed E-state index contributed by atoms with van der Waals surface area (Å²) in [6, 6.07) is 13.8. The smallest absolute Gasteiger partial charge is 0.475 e. The van der Waals surface area contributed by atoms with Gasteiger partial charge in [0.05, 0.1) is 11.3 Å². The Balaban J connectivity index is 0.000000454. The van der Waals surface area contributed by atoms with E-state index in [1.165, 1.54) is 0 Å². The van der Waals surface area contributed by atoms with Crippen LogP contribution in [0, 0.1) is 6.92 Å². The Hall–Kier alpha value is -3.93. The lowest BCUT2D eigenvalue weighted by atomic mass is 10.0. The number of benzene rings is 1. The molecule has 4 rings (SSSR count). The third-order valence-electron chi connectivity index (χ3n) is 5.49. The molecule has 0 bridgehead atoms. The van der Waals surface area contributed by atoms with Gasteiger partial charge in [-0.05, 0) is 49.6 Å². The number of piperidine rings is 1. The van der Waals surface area contributed by atoms with Crippen molar-refractivity contribution in [2.75, 3.05) is 18.0 Å². The van der Waals surface area contributed by atoms with Crippen LogP contribution in [0.25, 0.3) is 5.82 Å². The lowest BCUT2D eigenvalue weighted by Gasteiger charge is -2.33. The number of anilines is 1. The Morgan fingerprint density at radius 2 is 1.81 bits per heavy atom. The van der Waals surface area contributed by atoms with Crippen molar-refractivity contribution >= 4 is 17.6 Å². The maximum Gasteiger partial charge on any atom is 0.490 e. The van der Waals surface area contributed by atoms with Crippen molar-refractivity contribution in [2.45, 2.75) is 38.5 Å². The molecule has 1 aliphatic heterocycles. The van der Waals surface area contributed by atoms with Crippen LogP contribution in [-0.4, -0.2) is 57.1 Å². The van der Waals surface area contributed by atoms with Gasteiger partial charge in [-0.15, -0.1) is 0 Å². The number of nitrogens with zero attached hydrogens (tertiary/aromatic N) is 4. The number of carbonyl (C=O) groups is 2. The molecule has 0 spiro atoms. The van der Waals surface area contributed by atoms with E-state index in [4.69, 9.17) is 15.6 Å². The van der Waals surface area contributed by atoms with Crippen LogP contribution in [0.15, 0.2) is 54.9 Å². The van der Waals surface area contributed by atoms with Crippen molar-refractivity contribution in [1.29, 1.82) is 0 Å². The molecule has 0 saturated carbocycles. The molecule has 1 saturated heterocycles. The summed E-state index contributed by atoms with van der Waals surface area (Å²) in [6.07, 6.45) is 0.460. The fourth-order valence-electron chi connectivity index (χ4n) is 3.56. The molecule has 0 unspecified atom stereocenters. The summed E-state index contributed by atoms with van der Waals surface area (Å²) < 4.78 is 33.5. The van der Waals surface area contributed by atoms with Crippen molar-refractivity contribution in [1.82, 2.24) is 20.1 Å². The molecule has 2 aromatic heterocycles. The number of para-hydroxylation sites is 1. The highest BCUT2D eigenvalue weighted by Gasteiger charge is 2.38. The zero-order chi connectivity index (χ0) is 26.3. The van der Waals surface area contributed by atoms with Crippen molar-refractivity contribution in [3.63, 3.8) is 0 Å². The number of carbonyl (C=O) groups excluding carboxylic acids is 1. The highest BCUT2D eigenvalue weighted by molar-refractivity contribution is 5.99. The highest BCUT2D eigenvalue weighted by atomic mass is 19.4. The number of nitrogens with two attached hydrogens (primary N) is 1. The van der Waals surface area contributed by atoms with E-state index in [9.17, 15) is 18.0 Å². The third-order valence-corrected chi connectivity index (χ3v) is 5.49. The highest BCUT2D eigenvalue weighted by Crippen LogP contribution is 2.24. The van der Waals surface area contributed by atoms with E-state index in [-0.39, 0.29) is 11.9 Å². The van der Waals surface area contributed by atoms with Gasteiger partial charge in [-0.2, -0.15) is 18.3 Å². The third kappa shape index (κ3) is 7.28. The maximum atomic E-state index is 12.8. The lowest BCUT2D eigenvalue weighted by Crippen LogP contribution is -2.40. The molecule has 3 aromatic rings. The SMILES string of the molecule is Cc1ccn(-c2ccc(CNC(=O)c3ccccc3N3CCC(N)CC3)cn2)n1.O=C(O)C(F)(F)F. The number of carboxylic acid groups (broad SMARTS) is 1. The predicted molar refractivity (Wildman–Crippen MR) is 127 cm³/mol. The van der Waals surface area contributed by atoms with E-state index >= 15 is 0 Å². The normalized spacial score (nSPS) is 14.1. The minimum atomic E-state index is -5.08. The van der Waals surface area contributed by atoms with Crippen LogP contribution in [0.4, 0.5) is 18.9 Å². The number of carboxylic acids is 1. The van der Waals surface area contributed by atoms with Gasteiger partial charge in [0.1, 0.15) is 0 Å². The molecule has 0 atom stereocenters. The van der Waals surface area contributed by atoms with Gasteiger partial charge in [0.25, 0.3) is 5.91 Å². The van der Waals surface area contributed by atoms with Gasteiger partial charge in [0.15, 0.2) is 5.82 Å². The number of alkyl halides is 3. The molecule has 0 aliphatic carbocycles. The molecule has 12 heteroatoms. The Morgan fingerprint density at radius 3 is 2.36 bits per heavy atom. The molecule has 4 N–H and O–H groups in total. The Bertz CT molecular complexity index is 1170.